The van der Waals surface area contributed by atoms with E-state index in [1.54, 1.807) is 18.3 Å². The van der Waals surface area contributed by atoms with Crippen molar-refractivity contribution in [2.45, 2.75) is 25.7 Å². The average molecular weight is 688 g/mol. The second-order valence-electron chi connectivity index (χ2n) is 10.9. The van der Waals surface area contributed by atoms with Gasteiger partial charge in [-0.3, -0.25) is 24.0 Å². The molecule has 4 aromatic rings. The summed E-state index contributed by atoms with van der Waals surface area (Å²) in [6.07, 6.45) is -0.635. The first-order chi connectivity index (χ1) is 22.7. The molecule has 1 fully saturated rings. The smallest absolute Gasteiger partial charge is 0.435 e. The van der Waals surface area contributed by atoms with Crippen LogP contribution in [0.1, 0.15) is 39.2 Å². The first-order valence-corrected chi connectivity index (χ1v) is 14.8. The monoisotopic (exact) mass is 687 g/mol. The number of halogens is 4. The number of carboxylic acid groups (broad SMARTS) is 1. The van der Waals surface area contributed by atoms with Gasteiger partial charge in [-0.05, 0) is 36.8 Å². The Hall–Kier alpha value is -5.45. The molecule has 5 rings (SSSR count). The molecule has 1 aliphatic rings. The molecule has 3 aromatic heterocycles. The van der Waals surface area contributed by atoms with Gasteiger partial charge in [-0.15, -0.1) is 0 Å². The van der Waals surface area contributed by atoms with Crippen LogP contribution in [-0.4, -0.2) is 95.3 Å². The molecule has 0 radical (unpaired) electrons. The molecule has 3 N–H and O–H groups in total. The molecular weight excluding hydrogens is 659 g/mol. The summed E-state index contributed by atoms with van der Waals surface area (Å²) in [5.41, 5.74) is -0.375. The topological polar surface area (TPSA) is 168 Å². The van der Waals surface area contributed by atoms with Crippen molar-refractivity contribution in [3.63, 3.8) is 0 Å². The van der Waals surface area contributed by atoms with Gasteiger partial charge in [-0.1, -0.05) is 17.7 Å². The van der Waals surface area contributed by atoms with Crippen LogP contribution in [0.2, 0.25) is 5.02 Å². The molecule has 14 nitrogen and oxygen atoms in total. The number of hydrogen-bond donors (Lipinski definition) is 3. The first kappa shape index (κ1) is 33.9. The third kappa shape index (κ3) is 7.41. The number of amides is 4. The molecule has 0 bridgehead atoms. The summed E-state index contributed by atoms with van der Waals surface area (Å²) in [6, 6.07) is 6.67. The molecule has 0 spiro atoms. The fraction of sp³-hybridized carbons (Fsp3) is 0.300. The molecule has 252 valence electrons. The molecule has 18 heteroatoms. The number of rotatable bonds is 8. The molecule has 1 saturated heterocycles. The van der Waals surface area contributed by atoms with Crippen LogP contribution in [0.5, 0.6) is 0 Å². The van der Waals surface area contributed by atoms with Crippen molar-refractivity contribution in [2.75, 3.05) is 31.5 Å². The van der Waals surface area contributed by atoms with Crippen molar-refractivity contribution in [3.8, 4) is 11.3 Å². The summed E-state index contributed by atoms with van der Waals surface area (Å²) in [6.45, 7) is 2.26. The van der Waals surface area contributed by atoms with Crippen LogP contribution >= 0.6 is 11.6 Å². The van der Waals surface area contributed by atoms with Gasteiger partial charge in [-0.2, -0.15) is 18.3 Å². The molecular formula is C30H29ClF3N9O5. The van der Waals surface area contributed by atoms with Gasteiger partial charge in [0.05, 0.1) is 34.6 Å². The van der Waals surface area contributed by atoms with Crippen LogP contribution in [0.15, 0.2) is 55.1 Å². The van der Waals surface area contributed by atoms with Gasteiger partial charge >= 0.3 is 12.3 Å². The van der Waals surface area contributed by atoms with Crippen LogP contribution < -0.4 is 10.6 Å². The predicted octanol–water partition coefficient (Wildman–Crippen LogP) is 3.59. The predicted molar refractivity (Wildman–Crippen MR) is 165 cm³/mol. The van der Waals surface area contributed by atoms with Gasteiger partial charge in [0.2, 0.25) is 5.91 Å². The Labute approximate surface area is 276 Å². The van der Waals surface area contributed by atoms with Crippen LogP contribution in [0.3, 0.4) is 0 Å². The lowest BCUT2D eigenvalue weighted by molar-refractivity contribution is -0.141. The second-order valence-corrected chi connectivity index (χ2v) is 11.3. The lowest BCUT2D eigenvalue weighted by Gasteiger charge is -2.36. The Balaban J connectivity index is 1.26. The van der Waals surface area contributed by atoms with E-state index in [2.05, 4.69) is 25.7 Å². The number of benzene rings is 1. The van der Waals surface area contributed by atoms with Crippen LogP contribution in [-0.2, 0) is 24.6 Å². The number of nitrogens with one attached hydrogen (secondary N) is 2. The summed E-state index contributed by atoms with van der Waals surface area (Å²) in [4.78, 5) is 60.6. The Bertz CT molecular complexity index is 1850. The number of aromatic nitrogens is 5. The Kier molecular flexibility index (Phi) is 9.69. The summed E-state index contributed by atoms with van der Waals surface area (Å²) in [7, 11) is 1.40. The lowest BCUT2D eigenvalue weighted by Crippen LogP contribution is -2.55. The van der Waals surface area contributed by atoms with Crippen LogP contribution in [0.25, 0.3) is 11.3 Å². The Morgan fingerprint density at radius 3 is 2.40 bits per heavy atom. The van der Waals surface area contributed by atoms with E-state index in [0.717, 1.165) is 10.9 Å². The number of anilines is 1. The number of alkyl halides is 3. The summed E-state index contributed by atoms with van der Waals surface area (Å²) in [5, 5.41) is 17.3. The van der Waals surface area contributed by atoms with E-state index in [1.807, 2.05) is 0 Å². The van der Waals surface area contributed by atoms with E-state index in [9.17, 15) is 32.3 Å². The maximum Gasteiger partial charge on any atom is 0.435 e. The van der Waals surface area contributed by atoms with E-state index < -0.39 is 41.7 Å². The van der Waals surface area contributed by atoms with Gasteiger partial charge in [0.25, 0.3) is 11.8 Å². The number of imidazole rings is 1. The second kappa shape index (κ2) is 13.7. The lowest BCUT2D eigenvalue weighted by atomic mass is 10.1. The third-order valence-corrected chi connectivity index (χ3v) is 7.92. The molecule has 4 heterocycles. The highest BCUT2D eigenvalue weighted by molar-refractivity contribution is 6.34. The van der Waals surface area contributed by atoms with Crippen LogP contribution in [0, 0.1) is 0 Å². The molecule has 1 atom stereocenters. The minimum atomic E-state index is -4.78. The number of carbonyl (C=O) groups excluding carboxylic acids is 3. The quantitative estimate of drug-likeness (QED) is 0.253. The van der Waals surface area contributed by atoms with E-state index >= 15 is 0 Å². The third-order valence-electron chi connectivity index (χ3n) is 7.61. The average Bonchev–Trinajstić information content (AvgIpc) is 3.64. The number of carbonyl (C=O) groups is 4. The maximum atomic E-state index is 14.0. The molecule has 48 heavy (non-hydrogen) atoms. The summed E-state index contributed by atoms with van der Waals surface area (Å²) in [5.74, 6) is -1.73. The normalized spacial score (nSPS) is 14.0. The summed E-state index contributed by atoms with van der Waals surface area (Å²) >= 11 is 6.41. The van der Waals surface area contributed by atoms with Crippen molar-refractivity contribution < 1.29 is 37.5 Å². The fourth-order valence-electron chi connectivity index (χ4n) is 5.22. The zero-order valence-corrected chi connectivity index (χ0v) is 26.3. The molecule has 4 amide bonds. The maximum absolute atomic E-state index is 14.0. The van der Waals surface area contributed by atoms with Crippen molar-refractivity contribution >= 4 is 41.1 Å². The SMILES string of the molecule is C[C@H](NC(=O)O)C(=O)N1CCN(C(=O)c2ccc(NC(=O)c3ncc(-c4cn(Cc5cccnc5)nc4C(F)(F)F)n3C)cc2Cl)CC1. The zero-order chi connectivity index (χ0) is 34.7. The minimum Gasteiger partial charge on any atom is -0.465 e. The standard InChI is InChI=1S/C30H29ClF3N9O5/c1-17(37-29(47)48)27(45)41-8-10-42(11-9-41)28(46)20-6-5-19(12-22(20)31)38-26(44)25-36-14-23(40(25)2)21-16-43(39-24(21)30(32,33)34)15-18-4-3-7-35-13-18/h3-7,12-14,16-17,37H,8-11,15H2,1-2H3,(H,38,44)(H,47,48)/t17-/m0/s1. The van der Waals surface area contributed by atoms with Gasteiger partial charge in [0, 0.05) is 57.5 Å². The van der Waals surface area contributed by atoms with Crippen molar-refractivity contribution in [1.82, 2.24) is 39.4 Å². The fourth-order valence-corrected chi connectivity index (χ4v) is 5.48. The highest BCUT2D eigenvalue weighted by atomic mass is 35.5. The van der Waals surface area contributed by atoms with Crippen LogP contribution in [0.4, 0.5) is 23.7 Å². The van der Waals surface area contributed by atoms with Crippen molar-refractivity contribution in [1.29, 1.82) is 0 Å². The molecule has 0 unspecified atom stereocenters. The van der Waals surface area contributed by atoms with E-state index in [-0.39, 0.29) is 66.1 Å². The van der Waals surface area contributed by atoms with E-state index in [0.29, 0.717) is 5.56 Å². The van der Waals surface area contributed by atoms with Gasteiger partial charge < -0.3 is 30.1 Å². The van der Waals surface area contributed by atoms with Gasteiger partial charge in [0.1, 0.15) is 6.04 Å². The Morgan fingerprint density at radius 2 is 1.77 bits per heavy atom. The van der Waals surface area contributed by atoms with Gasteiger partial charge in [-0.25, -0.2) is 9.78 Å². The van der Waals surface area contributed by atoms with E-state index in [4.69, 9.17) is 16.7 Å². The first-order valence-electron chi connectivity index (χ1n) is 14.5. The van der Waals surface area contributed by atoms with Crippen molar-refractivity contribution in [2.24, 2.45) is 7.05 Å². The largest absolute Gasteiger partial charge is 0.465 e. The molecule has 1 aromatic carbocycles. The van der Waals surface area contributed by atoms with E-state index in [1.165, 1.54) is 58.9 Å². The zero-order valence-electron chi connectivity index (χ0n) is 25.5. The van der Waals surface area contributed by atoms with Crippen molar-refractivity contribution in [3.05, 3.63) is 82.8 Å². The summed E-state index contributed by atoms with van der Waals surface area (Å²) < 4.78 is 44.2. The highest BCUT2D eigenvalue weighted by Gasteiger charge is 2.39. The minimum absolute atomic E-state index is 0.0123. The number of piperazine rings is 1. The molecule has 0 saturated carbocycles. The highest BCUT2D eigenvalue weighted by Crippen LogP contribution is 2.36. The number of pyridine rings is 1. The number of hydrogen-bond acceptors (Lipinski definition) is 7. The molecule has 1 aliphatic heterocycles. The van der Waals surface area contributed by atoms with Gasteiger partial charge in [0.15, 0.2) is 11.5 Å². The Morgan fingerprint density at radius 1 is 1.06 bits per heavy atom. The molecule has 0 aliphatic carbocycles. The number of nitrogens with zero attached hydrogens (tertiary/aromatic N) is 7.